The first kappa shape index (κ1) is 14.0. The fraction of sp³-hybridized carbons (Fsp3) is 0.333. The van der Waals surface area contributed by atoms with Gasteiger partial charge in [0, 0.05) is 0 Å². The average molecular weight is 252 g/mol. The van der Waals surface area contributed by atoms with E-state index in [0.717, 1.165) is 0 Å². The van der Waals surface area contributed by atoms with Gasteiger partial charge in [-0.25, -0.2) is 4.79 Å². The van der Waals surface area contributed by atoms with Crippen molar-refractivity contribution < 1.29 is 19.8 Å². The number of aromatic carboxylic acids is 1. The van der Waals surface area contributed by atoms with Crippen molar-refractivity contribution in [1.82, 2.24) is 0 Å². The number of rotatable bonds is 4. The number of nitrogens with one attached hydrogen (secondary N) is 1. The van der Waals surface area contributed by atoms with Crippen molar-refractivity contribution >= 4 is 17.6 Å². The van der Waals surface area contributed by atoms with Crippen LogP contribution in [0.2, 0.25) is 0 Å². The fourth-order valence-electron chi connectivity index (χ4n) is 1.29. The predicted molar refractivity (Wildman–Crippen MR) is 66.5 cm³/mol. The third-order valence-corrected chi connectivity index (χ3v) is 2.52. The molecule has 1 atom stereocenters. The number of hydrogen-bond donors (Lipinski definition) is 4. The normalized spacial score (nSPS) is 12.2. The Bertz CT molecular complexity index is 471. The van der Waals surface area contributed by atoms with Crippen molar-refractivity contribution in [2.45, 2.75) is 19.9 Å². The number of carbonyl (C=O) groups excluding carboxylic acids is 1. The number of hydrogen-bond acceptors (Lipinski definition) is 4. The van der Waals surface area contributed by atoms with E-state index < -0.39 is 17.9 Å². The van der Waals surface area contributed by atoms with Crippen molar-refractivity contribution in [1.29, 1.82) is 0 Å². The Morgan fingerprint density at radius 3 is 2.44 bits per heavy atom. The first-order valence-electron chi connectivity index (χ1n) is 5.45. The van der Waals surface area contributed by atoms with Gasteiger partial charge in [-0.3, -0.25) is 4.79 Å². The van der Waals surface area contributed by atoms with Crippen molar-refractivity contribution in [3.8, 4) is 5.75 Å². The number of benzene rings is 1. The lowest BCUT2D eigenvalue weighted by molar-refractivity contribution is -0.118. The smallest absolute Gasteiger partial charge is 0.335 e. The minimum atomic E-state index is -1.14. The summed E-state index contributed by atoms with van der Waals surface area (Å²) in [5.74, 6) is -1.87. The van der Waals surface area contributed by atoms with Crippen molar-refractivity contribution in [3.05, 3.63) is 23.8 Å². The number of amides is 1. The summed E-state index contributed by atoms with van der Waals surface area (Å²) >= 11 is 0. The Hall–Kier alpha value is -2.08. The largest absolute Gasteiger partial charge is 0.506 e. The number of phenolic OH excluding ortho intramolecular Hbond substituents is 1. The predicted octanol–water partition coefficient (Wildman–Crippen LogP) is 1.01. The summed E-state index contributed by atoms with van der Waals surface area (Å²) in [7, 11) is 0. The molecule has 0 bridgehead atoms. The van der Waals surface area contributed by atoms with Gasteiger partial charge in [-0.05, 0) is 24.1 Å². The molecular weight excluding hydrogens is 236 g/mol. The van der Waals surface area contributed by atoms with Crippen LogP contribution in [0.15, 0.2) is 18.2 Å². The summed E-state index contributed by atoms with van der Waals surface area (Å²) in [5, 5.41) is 20.8. The molecule has 98 valence electrons. The Kier molecular flexibility index (Phi) is 4.28. The second-order valence-corrected chi connectivity index (χ2v) is 4.30. The molecule has 6 heteroatoms. The molecule has 0 aliphatic rings. The van der Waals surface area contributed by atoms with Gasteiger partial charge in [0.15, 0.2) is 0 Å². The molecule has 0 radical (unpaired) electrons. The highest BCUT2D eigenvalue weighted by molar-refractivity contribution is 5.98. The van der Waals surface area contributed by atoms with Crippen LogP contribution in [0.4, 0.5) is 5.69 Å². The maximum atomic E-state index is 11.7. The number of phenols is 1. The van der Waals surface area contributed by atoms with Gasteiger partial charge in [0.25, 0.3) is 0 Å². The van der Waals surface area contributed by atoms with Crippen LogP contribution in [-0.2, 0) is 4.79 Å². The Morgan fingerprint density at radius 1 is 1.33 bits per heavy atom. The average Bonchev–Trinajstić information content (AvgIpc) is 2.30. The first-order chi connectivity index (χ1) is 8.32. The quantitative estimate of drug-likeness (QED) is 0.597. The third kappa shape index (κ3) is 3.21. The van der Waals surface area contributed by atoms with Crippen LogP contribution >= 0.6 is 0 Å². The molecule has 0 spiro atoms. The topological polar surface area (TPSA) is 113 Å². The summed E-state index contributed by atoms with van der Waals surface area (Å²) in [6.07, 6.45) is 0. The summed E-state index contributed by atoms with van der Waals surface area (Å²) in [6.45, 7) is 3.58. The number of carboxylic acids is 1. The molecule has 0 aliphatic carbocycles. The fourth-order valence-corrected chi connectivity index (χ4v) is 1.29. The molecule has 0 aliphatic heterocycles. The third-order valence-electron chi connectivity index (χ3n) is 2.52. The van der Waals surface area contributed by atoms with Crippen LogP contribution in [0.1, 0.15) is 24.2 Å². The number of carboxylic acid groups (broad SMARTS) is 1. The lowest BCUT2D eigenvalue weighted by Gasteiger charge is -2.16. The van der Waals surface area contributed by atoms with Crippen LogP contribution < -0.4 is 11.1 Å². The molecule has 5 N–H and O–H groups in total. The molecule has 0 saturated heterocycles. The van der Waals surface area contributed by atoms with Crippen LogP contribution in [0.5, 0.6) is 5.75 Å². The van der Waals surface area contributed by atoms with Crippen LogP contribution in [0.3, 0.4) is 0 Å². The van der Waals surface area contributed by atoms with Crippen molar-refractivity contribution in [2.24, 2.45) is 11.7 Å². The van der Waals surface area contributed by atoms with Crippen LogP contribution in [0, 0.1) is 5.92 Å². The molecule has 1 aromatic rings. The lowest BCUT2D eigenvalue weighted by Crippen LogP contribution is -2.39. The molecule has 1 rings (SSSR count). The summed E-state index contributed by atoms with van der Waals surface area (Å²) in [6, 6.07) is 2.91. The van der Waals surface area contributed by atoms with Gasteiger partial charge in [0.1, 0.15) is 5.75 Å². The van der Waals surface area contributed by atoms with Crippen molar-refractivity contribution in [2.75, 3.05) is 5.32 Å². The highest BCUT2D eigenvalue weighted by atomic mass is 16.4. The minimum absolute atomic E-state index is 0.0266. The molecular formula is C12H16N2O4. The van der Waals surface area contributed by atoms with E-state index in [2.05, 4.69) is 5.32 Å². The van der Waals surface area contributed by atoms with Gasteiger partial charge in [0.05, 0.1) is 17.3 Å². The van der Waals surface area contributed by atoms with Crippen LogP contribution in [-0.4, -0.2) is 28.1 Å². The second kappa shape index (κ2) is 5.50. The standard InChI is InChI=1S/C12H16N2O4/c1-6(2)10(13)11(16)14-8-5-7(12(17)18)3-4-9(8)15/h3-6,10,15H,13H2,1-2H3,(H,14,16)(H,17,18). The first-order valence-corrected chi connectivity index (χ1v) is 5.45. The van der Waals surface area contributed by atoms with Crippen molar-refractivity contribution in [3.63, 3.8) is 0 Å². The summed E-state index contributed by atoms with van der Waals surface area (Å²) < 4.78 is 0. The molecule has 0 heterocycles. The molecule has 1 unspecified atom stereocenters. The van der Waals surface area contributed by atoms with E-state index >= 15 is 0 Å². The maximum Gasteiger partial charge on any atom is 0.335 e. The van der Waals surface area contributed by atoms with E-state index in [1.165, 1.54) is 18.2 Å². The molecule has 6 nitrogen and oxygen atoms in total. The van der Waals surface area contributed by atoms with E-state index in [1.54, 1.807) is 13.8 Å². The molecule has 1 aromatic carbocycles. The van der Waals surface area contributed by atoms with E-state index in [9.17, 15) is 14.7 Å². The van der Waals surface area contributed by atoms with Gasteiger partial charge in [-0.15, -0.1) is 0 Å². The number of anilines is 1. The van der Waals surface area contributed by atoms with Gasteiger partial charge in [-0.2, -0.15) is 0 Å². The van der Waals surface area contributed by atoms with E-state index in [-0.39, 0.29) is 22.9 Å². The summed E-state index contributed by atoms with van der Waals surface area (Å²) in [4.78, 5) is 22.5. The van der Waals surface area contributed by atoms with Gasteiger partial charge in [-0.1, -0.05) is 13.8 Å². The zero-order chi connectivity index (χ0) is 13.9. The van der Waals surface area contributed by atoms with E-state index in [0.29, 0.717) is 0 Å². The lowest BCUT2D eigenvalue weighted by atomic mass is 10.0. The Balaban J connectivity index is 2.93. The highest BCUT2D eigenvalue weighted by Gasteiger charge is 2.19. The van der Waals surface area contributed by atoms with Gasteiger partial charge in [0.2, 0.25) is 5.91 Å². The number of carbonyl (C=O) groups is 2. The Labute approximate surface area is 104 Å². The maximum absolute atomic E-state index is 11.7. The zero-order valence-electron chi connectivity index (χ0n) is 10.2. The highest BCUT2D eigenvalue weighted by Crippen LogP contribution is 2.24. The molecule has 18 heavy (non-hydrogen) atoms. The zero-order valence-corrected chi connectivity index (χ0v) is 10.2. The molecule has 0 aromatic heterocycles. The van der Waals surface area contributed by atoms with E-state index in [1.807, 2.05) is 0 Å². The van der Waals surface area contributed by atoms with Gasteiger partial charge < -0.3 is 21.3 Å². The second-order valence-electron chi connectivity index (χ2n) is 4.30. The van der Waals surface area contributed by atoms with Gasteiger partial charge >= 0.3 is 5.97 Å². The SMILES string of the molecule is CC(C)C(N)C(=O)Nc1cc(C(=O)O)ccc1O. The molecule has 0 fully saturated rings. The molecule has 0 saturated carbocycles. The minimum Gasteiger partial charge on any atom is -0.506 e. The Morgan fingerprint density at radius 2 is 1.94 bits per heavy atom. The monoisotopic (exact) mass is 252 g/mol. The number of aromatic hydroxyl groups is 1. The summed E-state index contributed by atoms with van der Waals surface area (Å²) in [5.41, 5.74) is 5.66. The number of nitrogens with two attached hydrogens (primary N) is 1. The molecule has 1 amide bonds. The van der Waals surface area contributed by atoms with E-state index in [4.69, 9.17) is 10.8 Å². The van der Waals surface area contributed by atoms with Crippen LogP contribution in [0.25, 0.3) is 0 Å².